The molecule has 0 amide bonds. The van der Waals surface area contributed by atoms with E-state index < -0.39 is 5.38 Å². The van der Waals surface area contributed by atoms with Gasteiger partial charge in [-0.25, -0.2) is 0 Å². The van der Waals surface area contributed by atoms with E-state index in [-0.39, 0.29) is 5.78 Å². The zero-order valence-electron chi connectivity index (χ0n) is 8.18. The first kappa shape index (κ1) is 11.7. The van der Waals surface area contributed by atoms with Crippen molar-refractivity contribution in [2.75, 3.05) is 0 Å². The number of hydrogen-bond acceptors (Lipinski definition) is 1. The van der Waals surface area contributed by atoms with E-state index in [1.54, 1.807) is 6.92 Å². The van der Waals surface area contributed by atoms with Gasteiger partial charge in [-0.3, -0.25) is 4.79 Å². The van der Waals surface area contributed by atoms with E-state index in [1.807, 2.05) is 25.1 Å². The van der Waals surface area contributed by atoms with Gasteiger partial charge in [0.15, 0.2) is 5.78 Å². The van der Waals surface area contributed by atoms with Crippen LogP contribution in [-0.4, -0.2) is 11.2 Å². The van der Waals surface area contributed by atoms with Gasteiger partial charge in [0.2, 0.25) is 0 Å². The van der Waals surface area contributed by atoms with Gasteiger partial charge in [0, 0.05) is 10.9 Å². The minimum atomic E-state index is -0.463. The van der Waals surface area contributed by atoms with Crippen LogP contribution in [-0.2, 0) is 5.33 Å². The van der Waals surface area contributed by atoms with Crippen molar-refractivity contribution in [1.82, 2.24) is 0 Å². The van der Waals surface area contributed by atoms with Gasteiger partial charge in [-0.2, -0.15) is 0 Å². The zero-order valence-corrected chi connectivity index (χ0v) is 10.5. The fourth-order valence-electron chi connectivity index (χ4n) is 1.25. The summed E-state index contributed by atoms with van der Waals surface area (Å²) >= 11 is 9.13. The number of carbonyl (C=O) groups excluding carboxylic acids is 1. The first-order valence-electron chi connectivity index (χ1n) is 4.40. The molecule has 1 unspecified atom stereocenters. The minimum absolute atomic E-state index is 0.00943. The maximum Gasteiger partial charge on any atom is 0.180 e. The lowest BCUT2D eigenvalue weighted by Gasteiger charge is -2.08. The smallest absolute Gasteiger partial charge is 0.180 e. The molecule has 1 aromatic rings. The highest BCUT2D eigenvalue weighted by Crippen LogP contribution is 2.18. The summed E-state index contributed by atoms with van der Waals surface area (Å²) < 4.78 is 0. The van der Waals surface area contributed by atoms with Gasteiger partial charge in [0.05, 0.1) is 5.38 Å². The highest BCUT2D eigenvalue weighted by molar-refractivity contribution is 9.08. The second-order valence-corrected chi connectivity index (χ2v) is 4.49. The number of hydrogen-bond donors (Lipinski definition) is 0. The third-order valence-electron chi connectivity index (χ3n) is 2.04. The van der Waals surface area contributed by atoms with Crippen LogP contribution < -0.4 is 0 Å². The van der Waals surface area contributed by atoms with E-state index in [9.17, 15) is 4.79 Å². The molecule has 0 radical (unpaired) electrons. The van der Waals surface area contributed by atoms with Crippen molar-refractivity contribution in [1.29, 1.82) is 0 Å². The van der Waals surface area contributed by atoms with Crippen LogP contribution in [0.2, 0.25) is 0 Å². The van der Waals surface area contributed by atoms with Crippen molar-refractivity contribution in [3.63, 3.8) is 0 Å². The lowest BCUT2D eigenvalue weighted by Crippen LogP contribution is -2.12. The average Bonchev–Trinajstić information content (AvgIpc) is 2.16. The van der Waals surface area contributed by atoms with Crippen molar-refractivity contribution in [2.45, 2.75) is 24.6 Å². The predicted octanol–water partition coefficient (Wildman–Crippen LogP) is 3.70. The molecule has 0 N–H and O–H groups in total. The standard InChI is InChI=1S/C11H12BrClO/c1-7-3-4-9(6-12)10(5-7)11(14)8(2)13/h3-5,8H,6H2,1-2H3. The van der Waals surface area contributed by atoms with E-state index in [2.05, 4.69) is 15.9 Å². The van der Waals surface area contributed by atoms with E-state index in [0.29, 0.717) is 5.33 Å². The molecule has 0 aliphatic rings. The van der Waals surface area contributed by atoms with Crippen LogP contribution in [0.1, 0.15) is 28.4 Å². The number of benzene rings is 1. The summed E-state index contributed by atoms with van der Waals surface area (Å²) in [4.78, 5) is 11.7. The number of carbonyl (C=O) groups is 1. The molecular formula is C11H12BrClO. The number of rotatable bonds is 3. The molecule has 1 rings (SSSR count). The molecule has 0 aliphatic heterocycles. The zero-order chi connectivity index (χ0) is 10.7. The van der Waals surface area contributed by atoms with E-state index in [1.165, 1.54) is 0 Å². The predicted molar refractivity (Wildman–Crippen MR) is 63.5 cm³/mol. The van der Waals surface area contributed by atoms with Crippen molar-refractivity contribution in [3.8, 4) is 0 Å². The molecule has 0 aliphatic carbocycles. The minimum Gasteiger partial charge on any atom is -0.293 e. The first-order chi connectivity index (χ1) is 6.56. The molecule has 14 heavy (non-hydrogen) atoms. The summed E-state index contributed by atoms with van der Waals surface area (Å²) in [7, 11) is 0. The third kappa shape index (κ3) is 2.58. The molecule has 0 saturated carbocycles. The molecule has 3 heteroatoms. The summed E-state index contributed by atoms with van der Waals surface area (Å²) in [5.74, 6) is -0.00943. The van der Waals surface area contributed by atoms with Gasteiger partial charge in [-0.05, 0) is 25.5 Å². The van der Waals surface area contributed by atoms with Crippen LogP contribution in [0, 0.1) is 6.92 Å². The first-order valence-corrected chi connectivity index (χ1v) is 5.96. The normalized spacial score (nSPS) is 12.6. The molecule has 1 atom stereocenters. The molecule has 0 aromatic heterocycles. The Morgan fingerprint density at radius 3 is 2.71 bits per heavy atom. The van der Waals surface area contributed by atoms with Gasteiger partial charge < -0.3 is 0 Å². The lowest BCUT2D eigenvalue weighted by atomic mass is 10.0. The molecule has 0 saturated heterocycles. The van der Waals surface area contributed by atoms with E-state index in [0.717, 1.165) is 16.7 Å². The fourth-order valence-corrected chi connectivity index (χ4v) is 1.86. The summed E-state index contributed by atoms with van der Waals surface area (Å²) in [6.07, 6.45) is 0. The second-order valence-electron chi connectivity index (χ2n) is 3.27. The number of halogens is 2. The Morgan fingerprint density at radius 2 is 2.21 bits per heavy atom. The maximum atomic E-state index is 11.7. The number of ketones is 1. The Kier molecular flexibility index (Phi) is 4.14. The van der Waals surface area contributed by atoms with Crippen LogP contribution >= 0.6 is 27.5 Å². The highest BCUT2D eigenvalue weighted by Gasteiger charge is 2.15. The Labute approximate surface area is 97.6 Å². The van der Waals surface area contributed by atoms with Crippen LogP contribution in [0.4, 0.5) is 0 Å². The molecule has 0 spiro atoms. The van der Waals surface area contributed by atoms with E-state index in [4.69, 9.17) is 11.6 Å². The Hall–Kier alpha value is -0.340. The lowest BCUT2D eigenvalue weighted by molar-refractivity contribution is 0.0991. The van der Waals surface area contributed by atoms with Crippen LogP contribution in [0.5, 0.6) is 0 Å². The Morgan fingerprint density at radius 1 is 1.57 bits per heavy atom. The monoisotopic (exact) mass is 274 g/mol. The number of Topliss-reactive ketones (excluding diaryl/α,β-unsaturated/α-hetero) is 1. The summed E-state index contributed by atoms with van der Waals surface area (Å²) in [6.45, 7) is 3.66. The SMILES string of the molecule is Cc1ccc(CBr)c(C(=O)C(C)Cl)c1. The molecule has 76 valence electrons. The van der Waals surface area contributed by atoms with Crippen LogP contribution in [0.15, 0.2) is 18.2 Å². The Bertz CT molecular complexity index is 347. The van der Waals surface area contributed by atoms with Crippen molar-refractivity contribution >= 4 is 33.3 Å². The van der Waals surface area contributed by atoms with Crippen LogP contribution in [0.25, 0.3) is 0 Å². The quantitative estimate of drug-likeness (QED) is 0.607. The number of alkyl halides is 2. The summed E-state index contributed by atoms with van der Waals surface area (Å²) in [6, 6.07) is 5.83. The fraction of sp³-hybridized carbons (Fsp3) is 0.364. The third-order valence-corrected chi connectivity index (χ3v) is 2.84. The Balaban J connectivity index is 3.17. The van der Waals surface area contributed by atoms with Gasteiger partial charge in [0.25, 0.3) is 0 Å². The molecule has 1 nitrogen and oxygen atoms in total. The largest absolute Gasteiger partial charge is 0.293 e. The summed E-state index contributed by atoms with van der Waals surface area (Å²) in [5, 5.41) is 0.215. The highest BCUT2D eigenvalue weighted by atomic mass is 79.9. The van der Waals surface area contributed by atoms with Crippen molar-refractivity contribution in [2.24, 2.45) is 0 Å². The van der Waals surface area contributed by atoms with Gasteiger partial charge >= 0.3 is 0 Å². The summed E-state index contributed by atoms with van der Waals surface area (Å²) in [5.41, 5.74) is 2.80. The average molecular weight is 276 g/mol. The topological polar surface area (TPSA) is 17.1 Å². The van der Waals surface area contributed by atoms with Crippen molar-refractivity contribution < 1.29 is 4.79 Å². The number of aryl methyl sites for hydroxylation is 1. The van der Waals surface area contributed by atoms with Crippen LogP contribution in [0.3, 0.4) is 0 Å². The molecule has 0 heterocycles. The van der Waals surface area contributed by atoms with Gasteiger partial charge in [-0.1, -0.05) is 33.6 Å². The maximum absolute atomic E-state index is 11.7. The van der Waals surface area contributed by atoms with E-state index >= 15 is 0 Å². The van der Waals surface area contributed by atoms with Crippen molar-refractivity contribution in [3.05, 3.63) is 34.9 Å². The molecular weight excluding hydrogens is 263 g/mol. The van der Waals surface area contributed by atoms with Gasteiger partial charge in [-0.15, -0.1) is 11.6 Å². The molecule has 1 aromatic carbocycles. The second kappa shape index (κ2) is 4.94. The molecule has 0 bridgehead atoms. The van der Waals surface area contributed by atoms with Gasteiger partial charge in [0.1, 0.15) is 0 Å². The molecule has 0 fully saturated rings.